The zero-order valence-electron chi connectivity index (χ0n) is 20.9. The van der Waals surface area contributed by atoms with E-state index in [0.29, 0.717) is 6.54 Å². The molecule has 0 atom stereocenters. The van der Waals surface area contributed by atoms with Gasteiger partial charge in [0.15, 0.2) is 0 Å². The number of piperazine rings is 1. The Balaban J connectivity index is 0.984. The highest BCUT2D eigenvalue weighted by Crippen LogP contribution is 2.39. The molecule has 0 saturated carbocycles. The van der Waals surface area contributed by atoms with E-state index >= 15 is 0 Å². The van der Waals surface area contributed by atoms with Crippen molar-refractivity contribution in [3.63, 3.8) is 0 Å². The maximum Gasteiger partial charge on any atom is 0.238 e. The van der Waals surface area contributed by atoms with Gasteiger partial charge in [0.2, 0.25) is 5.91 Å². The molecule has 2 aliphatic rings. The summed E-state index contributed by atoms with van der Waals surface area (Å²) in [6.07, 6.45) is 5.29. The molecule has 1 aliphatic carbocycles. The van der Waals surface area contributed by atoms with E-state index in [2.05, 4.69) is 86.0 Å². The Morgan fingerprint density at radius 1 is 0.892 bits per heavy atom. The SMILES string of the molecule is O=C(CN1CCN(C/C=C/c2ccccc2)CC1)Nc1ccc(-c2n[nH]c3c2Cc2ccccc2-3)cc1. The number of hydrogen-bond acceptors (Lipinski definition) is 4. The molecule has 4 aromatic rings. The van der Waals surface area contributed by atoms with E-state index < -0.39 is 0 Å². The van der Waals surface area contributed by atoms with Crippen LogP contribution in [0.3, 0.4) is 0 Å². The third-order valence-corrected chi connectivity index (χ3v) is 7.27. The molecule has 0 radical (unpaired) electrons. The van der Waals surface area contributed by atoms with Crippen molar-refractivity contribution in [2.24, 2.45) is 0 Å². The zero-order valence-corrected chi connectivity index (χ0v) is 20.9. The average Bonchev–Trinajstić information content (AvgIpc) is 3.50. The normalized spacial score (nSPS) is 15.6. The van der Waals surface area contributed by atoms with E-state index in [9.17, 15) is 4.79 Å². The summed E-state index contributed by atoms with van der Waals surface area (Å²) in [5.74, 6) is 0.0290. The molecule has 1 saturated heterocycles. The number of carbonyl (C=O) groups is 1. The molecule has 2 N–H and O–H groups in total. The number of H-pyrrole nitrogens is 1. The maximum absolute atomic E-state index is 12.7. The van der Waals surface area contributed by atoms with Gasteiger partial charge in [-0.05, 0) is 23.3 Å². The molecular formula is C31H31N5O. The second-order valence-electron chi connectivity index (χ2n) is 9.78. The highest BCUT2D eigenvalue weighted by atomic mass is 16.2. The second-order valence-corrected chi connectivity index (χ2v) is 9.78. The molecule has 0 spiro atoms. The fraction of sp³-hybridized carbons (Fsp3) is 0.226. The van der Waals surface area contributed by atoms with E-state index in [0.717, 1.165) is 61.8 Å². The molecule has 3 aromatic carbocycles. The number of nitrogens with zero attached hydrogens (tertiary/aromatic N) is 3. The number of fused-ring (bicyclic) bond motifs is 3. The van der Waals surface area contributed by atoms with Crippen molar-refractivity contribution in [1.82, 2.24) is 20.0 Å². The number of aromatic amines is 1. The summed E-state index contributed by atoms with van der Waals surface area (Å²) >= 11 is 0. The Kier molecular flexibility index (Phi) is 6.67. The molecule has 1 fully saturated rings. The van der Waals surface area contributed by atoms with Crippen LogP contribution in [0.2, 0.25) is 0 Å². The van der Waals surface area contributed by atoms with Crippen molar-refractivity contribution < 1.29 is 4.79 Å². The highest BCUT2D eigenvalue weighted by molar-refractivity contribution is 5.92. The molecular weight excluding hydrogens is 458 g/mol. The third kappa shape index (κ3) is 5.26. The zero-order chi connectivity index (χ0) is 25.0. The molecule has 1 amide bonds. The first-order valence-corrected chi connectivity index (χ1v) is 12.9. The van der Waals surface area contributed by atoms with Crippen LogP contribution in [0.4, 0.5) is 5.69 Å². The molecule has 1 aliphatic heterocycles. The minimum atomic E-state index is 0.0290. The summed E-state index contributed by atoms with van der Waals surface area (Å²) in [4.78, 5) is 17.3. The van der Waals surface area contributed by atoms with Gasteiger partial charge in [-0.25, -0.2) is 0 Å². The van der Waals surface area contributed by atoms with Gasteiger partial charge in [-0.1, -0.05) is 78.9 Å². The number of benzene rings is 3. The molecule has 186 valence electrons. The Labute approximate surface area is 217 Å². The van der Waals surface area contributed by atoms with Gasteiger partial charge < -0.3 is 5.32 Å². The monoisotopic (exact) mass is 489 g/mol. The second kappa shape index (κ2) is 10.5. The van der Waals surface area contributed by atoms with Gasteiger partial charge in [-0.3, -0.25) is 19.7 Å². The number of carbonyl (C=O) groups excluding carboxylic acids is 1. The maximum atomic E-state index is 12.7. The van der Waals surface area contributed by atoms with Crippen LogP contribution in [0.5, 0.6) is 0 Å². The lowest BCUT2D eigenvalue weighted by Gasteiger charge is -2.33. The van der Waals surface area contributed by atoms with E-state index in [1.165, 1.54) is 22.3 Å². The van der Waals surface area contributed by atoms with E-state index in [4.69, 9.17) is 0 Å². The quantitative estimate of drug-likeness (QED) is 0.341. The van der Waals surface area contributed by atoms with Crippen molar-refractivity contribution in [2.45, 2.75) is 6.42 Å². The predicted molar refractivity (Wildman–Crippen MR) is 149 cm³/mol. The molecule has 2 heterocycles. The van der Waals surface area contributed by atoms with Crippen LogP contribution in [0.1, 0.15) is 16.7 Å². The van der Waals surface area contributed by atoms with Gasteiger partial charge >= 0.3 is 0 Å². The summed E-state index contributed by atoms with van der Waals surface area (Å²) in [5, 5.41) is 10.9. The number of hydrogen-bond donors (Lipinski definition) is 2. The van der Waals surface area contributed by atoms with Crippen LogP contribution in [0, 0.1) is 0 Å². The summed E-state index contributed by atoms with van der Waals surface area (Å²) in [6, 6.07) is 26.9. The van der Waals surface area contributed by atoms with Crippen LogP contribution < -0.4 is 5.32 Å². The van der Waals surface area contributed by atoms with Crippen molar-refractivity contribution in [3.8, 4) is 22.5 Å². The van der Waals surface area contributed by atoms with Crippen molar-refractivity contribution in [2.75, 3.05) is 44.6 Å². The lowest BCUT2D eigenvalue weighted by molar-refractivity contribution is -0.117. The summed E-state index contributed by atoms with van der Waals surface area (Å²) in [6.45, 7) is 5.10. The van der Waals surface area contributed by atoms with Gasteiger partial charge in [-0.2, -0.15) is 5.10 Å². The van der Waals surface area contributed by atoms with Crippen molar-refractivity contribution >= 4 is 17.7 Å². The highest BCUT2D eigenvalue weighted by Gasteiger charge is 2.24. The first-order valence-electron chi connectivity index (χ1n) is 12.9. The lowest BCUT2D eigenvalue weighted by Crippen LogP contribution is -2.48. The van der Waals surface area contributed by atoms with Crippen LogP contribution in [-0.4, -0.2) is 65.2 Å². The van der Waals surface area contributed by atoms with Gasteiger partial charge in [-0.15, -0.1) is 0 Å². The van der Waals surface area contributed by atoms with Crippen molar-refractivity contribution in [1.29, 1.82) is 0 Å². The van der Waals surface area contributed by atoms with Crippen LogP contribution in [0.25, 0.3) is 28.6 Å². The molecule has 1 aromatic heterocycles. The number of anilines is 1. The Morgan fingerprint density at radius 2 is 1.62 bits per heavy atom. The molecule has 6 nitrogen and oxygen atoms in total. The van der Waals surface area contributed by atoms with Crippen molar-refractivity contribution in [3.05, 3.63) is 102 Å². The Morgan fingerprint density at radius 3 is 2.43 bits per heavy atom. The standard InChI is InChI=1S/C31H31N5O/c37-29(22-36-19-17-35(18-20-36)16-6-9-23-7-2-1-3-8-23)32-26-14-12-24(13-15-26)30-28-21-25-10-4-5-11-27(25)31(28)34-33-30/h1-15H,16-22H2,(H,32,37)(H,33,34)/b9-6+. The number of amides is 1. The molecule has 0 unspecified atom stereocenters. The Bertz CT molecular complexity index is 1400. The first kappa shape index (κ1) is 23.4. The first-order chi connectivity index (χ1) is 18.2. The third-order valence-electron chi connectivity index (χ3n) is 7.27. The van der Waals surface area contributed by atoms with Crippen LogP contribution in [0.15, 0.2) is 84.9 Å². The van der Waals surface area contributed by atoms with Gasteiger partial charge in [0.05, 0.1) is 17.9 Å². The minimum absolute atomic E-state index is 0.0290. The summed E-state index contributed by atoms with van der Waals surface area (Å²) in [5.41, 5.74) is 9.02. The van der Waals surface area contributed by atoms with Crippen LogP contribution >= 0.6 is 0 Å². The van der Waals surface area contributed by atoms with E-state index in [-0.39, 0.29) is 5.91 Å². The minimum Gasteiger partial charge on any atom is -0.325 e. The fourth-order valence-corrected chi connectivity index (χ4v) is 5.25. The number of rotatable bonds is 7. The molecule has 0 bridgehead atoms. The fourth-order valence-electron chi connectivity index (χ4n) is 5.25. The topological polar surface area (TPSA) is 64.3 Å². The lowest BCUT2D eigenvalue weighted by atomic mass is 10.1. The molecule has 6 heteroatoms. The summed E-state index contributed by atoms with van der Waals surface area (Å²) < 4.78 is 0. The van der Waals surface area contributed by atoms with Crippen LogP contribution in [-0.2, 0) is 11.2 Å². The van der Waals surface area contributed by atoms with Gasteiger partial charge in [0.1, 0.15) is 0 Å². The average molecular weight is 490 g/mol. The summed E-state index contributed by atoms with van der Waals surface area (Å²) in [7, 11) is 0. The smallest absolute Gasteiger partial charge is 0.238 e. The van der Waals surface area contributed by atoms with E-state index in [1.807, 2.05) is 30.3 Å². The predicted octanol–water partition coefficient (Wildman–Crippen LogP) is 4.92. The Hall–Kier alpha value is -4.00. The largest absolute Gasteiger partial charge is 0.325 e. The number of nitrogens with one attached hydrogen (secondary N) is 2. The number of aromatic nitrogens is 2. The van der Waals surface area contributed by atoms with Gasteiger partial charge in [0, 0.05) is 61.5 Å². The molecule has 6 rings (SSSR count). The molecule has 37 heavy (non-hydrogen) atoms. The van der Waals surface area contributed by atoms with Gasteiger partial charge in [0.25, 0.3) is 0 Å². The van der Waals surface area contributed by atoms with E-state index in [1.54, 1.807) is 0 Å².